The van der Waals surface area contributed by atoms with Crippen LogP contribution in [-0.4, -0.2) is 48.9 Å². The van der Waals surface area contributed by atoms with Gasteiger partial charge in [-0.1, -0.05) is 19.9 Å². The Labute approximate surface area is 189 Å². The molecule has 2 N–H and O–H groups in total. The highest BCUT2D eigenvalue weighted by molar-refractivity contribution is 5.98. The average Bonchev–Trinajstić information content (AvgIpc) is 2.81. The highest BCUT2D eigenvalue weighted by Gasteiger charge is 2.21. The van der Waals surface area contributed by atoms with Crippen LogP contribution in [0.25, 0.3) is 0 Å². The van der Waals surface area contributed by atoms with Crippen LogP contribution in [0.3, 0.4) is 0 Å². The van der Waals surface area contributed by atoms with Crippen LogP contribution in [0.2, 0.25) is 0 Å². The smallest absolute Gasteiger partial charge is 0.338 e. The second kappa shape index (κ2) is 11.3. The van der Waals surface area contributed by atoms with E-state index in [1.165, 1.54) is 0 Å². The zero-order valence-electron chi connectivity index (χ0n) is 18.7. The SMILES string of the molecule is CCCOC(=O)c1ccc(NCC(=O)Nc2cccc(C(=O)N3CCC(C)CC3)c2)cc1. The summed E-state index contributed by atoms with van der Waals surface area (Å²) in [6.07, 6.45) is 2.82. The Morgan fingerprint density at radius 3 is 2.41 bits per heavy atom. The van der Waals surface area contributed by atoms with Crippen LogP contribution in [-0.2, 0) is 9.53 Å². The molecule has 1 saturated heterocycles. The summed E-state index contributed by atoms with van der Waals surface area (Å²) < 4.78 is 5.10. The Kier molecular flexibility index (Phi) is 8.25. The second-order valence-electron chi connectivity index (χ2n) is 8.17. The van der Waals surface area contributed by atoms with Gasteiger partial charge in [0.05, 0.1) is 18.7 Å². The van der Waals surface area contributed by atoms with Crippen molar-refractivity contribution < 1.29 is 19.1 Å². The van der Waals surface area contributed by atoms with Crippen molar-refractivity contribution in [3.63, 3.8) is 0 Å². The molecule has 170 valence electrons. The van der Waals surface area contributed by atoms with Crippen molar-refractivity contribution in [2.45, 2.75) is 33.1 Å². The Balaban J connectivity index is 1.50. The number of likely N-dealkylation sites (tertiary alicyclic amines) is 1. The summed E-state index contributed by atoms with van der Waals surface area (Å²) in [6, 6.07) is 13.8. The summed E-state index contributed by atoms with van der Waals surface area (Å²) in [6.45, 7) is 6.15. The van der Waals surface area contributed by atoms with E-state index < -0.39 is 0 Å². The number of esters is 1. The van der Waals surface area contributed by atoms with E-state index in [1.54, 1.807) is 48.5 Å². The molecule has 7 nitrogen and oxygen atoms in total. The number of nitrogens with zero attached hydrogens (tertiary/aromatic N) is 1. The van der Waals surface area contributed by atoms with E-state index >= 15 is 0 Å². The van der Waals surface area contributed by atoms with E-state index in [2.05, 4.69) is 17.6 Å². The minimum absolute atomic E-state index is 0.00340. The number of rotatable bonds is 8. The molecule has 1 heterocycles. The molecule has 0 radical (unpaired) electrons. The van der Waals surface area contributed by atoms with Crippen molar-refractivity contribution in [2.75, 3.05) is 36.9 Å². The first-order valence-corrected chi connectivity index (χ1v) is 11.2. The molecule has 1 aliphatic rings. The maximum Gasteiger partial charge on any atom is 0.338 e. The predicted octanol–water partition coefficient (Wildman–Crippen LogP) is 4.18. The maximum atomic E-state index is 12.8. The number of hydrogen-bond acceptors (Lipinski definition) is 5. The first-order valence-electron chi connectivity index (χ1n) is 11.2. The number of piperidine rings is 1. The number of hydrogen-bond donors (Lipinski definition) is 2. The molecule has 0 spiro atoms. The molecule has 2 aromatic carbocycles. The van der Waals surface area contributed by atoms with E-state index in [-0.39, 0.29) is 24.3 Å². The van der Waals surface area contributed by atoms with Crippen LogP contribution in [0.5, 0.6) is 0 Å². The lowest BCUT2D eigenvalue weighted by Gasteiger charge is -2.30. The van der Waals surface area contributed by atoms with Gasteiger partial charge in [-0.15, -0.1) is 0 Å². The van der Waals surface area contributed by atoms with E-state index in [0.29, 0.717) is 29.3 Å². The van der Waals surface area contributed by atoms with Crippen LogP contribution in [0.15, 0.2) is 48.5 Å². The van der Waals surface area contributed by atoms with Crippen molar-refractivity contribution in [1.82, 2.24) is 4.90 Å². The molecule has 1 aliphatic heterocycles. The Morgan fingerprint density at radius 1 is 1.00 bits per heavy atom. The molecule has 3 rings (SSSR count). The third kappa shape index (κ3) is 6.57. The fourth-order valence-corrected chi connectivity index (χ4v) is 3.51. The molecule has 32 heavy (non-hydrogen) atoms. The third-order valence-electron chi connectivity index (χ3n) is 5.48. The molecular weight excluding hydrogens is 406 g/mol. The normalized spacial score (nSPS) is 14.0. The zero-order valence-corrected chi connectivity index (χ0v) is 18.7. The van der Waals surface area contributed by atoms with Gasteiger partial charge in [-0.2, -0.15) is 0 Å². The van der Waals surface area contributed by atoms with Crippen molar-refractivity contribution in [2.24, 2.45) is 5.92 Å². The van der Waals surface area contributed by atoms with Gasteiger partial charge in [-0.3, -0.25) is 9.59 Å². The monoisotopic (exact) mass is 437 g/mol. The number of amides is 2. The van der Waals surface area contributed by atoms with Crippen LogP contribution >= 0.6 is 0 Å². The molecule has 0 aromatic heterocycles. The van der Waals surface area contributed by atoms with Gasteiger partial charge >= 0.3 is 5.97 Å². The highest BCUT2D eigenvalue weighted by Crippen LogP contribution is 2.20. The maximum absolute atomic E-state index is 12.8. The summed E-state index contributed by atoms with van der Waals surface area (Å²) in [5, 5.41) is 5.85. The summed E-state index contributed by atoms with van der Waals surface area (Å²) in [5.74, 6) is 0.0735. The van der Waals surface area contributed by atoms with Gasteiger partial charge in [-0.05, 0) is 67.6 Å². The predicted molar refractivity (Wildman–Crippen MR) is 125 cm³/mol. The lowest BCUT2D eigenvalue weighted by Crippen LogP contribution is -2.37. The van der Waals surface area contributed by atoms with Crippen molar-refractivity contribution in [3.05, 3.63) is 59.7 Å². The molecule has 2 aromatic rings. The van der Waals surface area contributed by atoms with Gasteiger partial charge in [0, 0.05) is 30.0 Å². The number of carbonyl (C=O) groups is 3. The molecule has 0 bridgehead atoms. The average molecular weight is 438 g/mol. The minimum Gasteiger partial charge on any atom is -0.462 e. The largest absolute Gasteiger partial charge is 0.462 e. The summed E-state index contributed by atoms with van der Waals surface area (Å²) in [7, 11) is 0. The third-order valence-corrected chi connectivity index (χ3v) is 5.48. The second-order valence-corrected chi connectivity index (χ2v) is 8.17. The van der Waals surface area contributed by atoms with Gasteiger partial charge in [-0.25, -0.2) is 4.79 Å². The standard InChI is InChI=1S/C25H31N3O4/c1-3-15-32-25(31)19-7-9-21(10-8-19)26-17-23(29)27-22-6-4-5-20(16-22)24(30)28-13-11-18(2)12-14-28/h4-10,16,18,26H,3,11-15,17H2,1-2H3,(H,27,29). The zero-order chi connectivity index (χ0) is 22.9. The first-order chi connectivity index (χ1) is 15.5. The molecule has 1 fully saturated rings. The molecule has 0 unspecified atom stereocenters. The lowest BCUT2D eigenvalue weighted by atomic mass is 9.98. The molecule has 7 heteroatoms. The van der Waals surface area contributed by atoms with Crippen molar-refractivity contribution in [3.8, 4) is 0 Å². The number of nitrogens with one attached hydrogen (secondary N) is 2. The van der Waals surface area contributed by atoms with Crippen molar-refractivity contribution in [1.29, 1.82) is 0 Å². The molecular formula is C25H31N3O4. The summed E-state index contributed by atoms with van der Waals surface area (Å²) in [5.41, 5.74) is 2.35. The van der Waals surface area contributed by atoms with Crippen LogP contribution in [0, 0.1) is 5.92 Å². The van der Waals surface area contributed by atoms with Gasteiger partial charge < -0.3 is 20.3 Å². The number of benzene rings is 2. The van der Waals surface area contributed by atoms with Crippen molar-refractivity contribution >= 4 is 29.2 Å². The fourth-order valence-electron chi connectivity index (χ4n) is 3.51. The highest BCUT2D eigenvalue weighted by atomic mass is 16.5. The quantitative estimate of drug-likeness (QED) is 0.605. The lowest BCUT2D eigenvalue weighted by molar-refractivity contribution is -0.114. The van der Waals surface area contributed by atoms with E-state index in [4.69, 9.17) is 4.74 Å². The number of anilines is 2. The molecule has 0 saturated carbocycles. The minimum atomic E-state index is -0.357. The van der Waals surface area contributed by atoms with Crippen LogP contribution in [0.1, 0.15) is 53.8 Å². The Hall–Kier alpha value is -3.35. The van der Waals surface area contributed by atoms with E-state index in [1.807, 2.05) is 11.8 Å². The van der Waals surface area contributed by atoms with Gasteiger partial charge in [0.1, 0.15) is 0 Å². The molecule has 2 amide bonds. The topological polar surface area (TPSA) is 87.7 Å². The Bertz CT molecular complexity index is 934. The first kappa shape index (κ1) is 23.3. The van der Waals surface area contributed by atoms with E-state index in [0.717, 1.165) is 38.0 Å². The van der Waals surface area contributed by atoms with Gasteiger partial charge in [0.25, 0.3) is 5.91 Å². The summed E-state index contributed by atoms with van der Waals surface area (Å²) >= 11 is 0. The fraction of sp³-hybridized carbons (Fsp3) is 0.400. The number of carbonyl (C=O) groups excluding carboxylic acids is 3. The number of ether oxygens (including phenoxy) is 1. The van der Waals surface area contributed by atoms with Gasteiger partial charge in [0.2, 0.25) is 5.91 Å². The summed E-state index contributed by atoms with van der Waals surface area (Å²) in [4.78, 5) is 38.8. The molecule has 0 aliphatic carbocycles. The van der Waals surface area contributed by atoms with Crippen LogP contribution in [0.4, 0.5) is 11.4 Å². The van der Waals surface area contributed by atoms with E-state index in [9.17, 15) is 14.4 Å². The molecule has 0 atom stereocenters. The van der Waals surface area contributed by atoms with Gasteiger partial charge in [0.15, 0.2) is 0 Å². The van der Waals surface area contributed by atoms with Crippen LogP contribution < -0.4 is 10.6 Å². The Morgan fingerprint density at radius 2 is 1.72 bits per heavy atom.